The minimum Gasteiger partial charge on any atom is -0.387 e. The molecule has 1 aliphatic rings. The van der Waals surface area contributed by atoms with E-state index >= 15 is 0 Å². The smallest absolute Gasteiger partial charge is 0.137 e. The Morgan fingerprint density at radius 1 is 1.40 bits per heavy atom. The van der Waals surface area contributed by atoms with Gasteiger partial charge in [-0.15, -0.1) is 0 Å². The lowest BCUT2D eigenvalue weighted by atomic mass is 9.73. The van der Waals surface area contributed by atoms with Gasteiger partial charge >= 0.3 is 0 Å². The van der Waals surface area contributed by atoms with Crippen molar-refractivity contribution in [3.63, 3.8) is 0 Å². The molecule has 0 spiro atoms. The summed E-state index contributed by atoms with van der Waals surface area (Å²) in [6, 6.07) is 0. The van der Waals surface area contributed by atoms with E-state index in [1.54, 1.807) is 11.0 Å². The van der Waals surface area contributed by atoms with Crippen LogP contribution in [0, 0.1) is 11.3 Å². The topological polar surface area (TPSA) is 50.9 Å². The Balaban J connectivity index is 2.20. The van der Waals surface area contributed by atoms with Gasteiger partial charge in [-0.05, 0) is 24.2 Å². The monoisotopic (exact) mass is 209 g/mol. The van der Waals surface area contributed by atoms with Gasteiger partial charge in [-0.25, -0.2) is 4.98 Å². The van der Waals surface area contributed by atoms with Gasteiger partial charge in [0, 0.05) is 0 Å². The fourth-order valence-electron chi connectivity index (χ4n) is 2.10. The average Bonchev–Trinajstić information content (AvgIpc) is 2.86. The highest BCUT2D eigenvalue weighted by molar-refractivity contribution is 5.01. The Kier molecular flexibility index (Phi) is 2.34. The molecule has 2 rings (SSSR count). The molecular weight excluding hydrogens is 190 g/mol. The van der Waals surface area contributed by atoms with E-state index < -0.39 is 5.60 Å². The third kappa shape index (κ3) is 1.91. The van der Waals surface area contributed by atoms with Gasteiger partial charge in [0.05, 0.1) is 12.1 Å². The standard InChI is InChI=1S/C11H19N3O/c1-10(2,3)11(15,9-4-5-9)6-14-8-12-7-13-14/h7-9,15H,4-6H2,1-3H3. The summed E-state index contributed by atoms with van der Waals surface area (Å²) in [7, 11) is 0. The molecule has 15 heavy (non-hydrogen) atoms. The van der Waals surface area contributed by atoms with Gasteiger partial charge in [-0.3, -0.25) is 4.68 Å². The van der Waals surface area contributed by atoms with Crippen LogP contribution in [-0.2, 0) is 6.54 Å². The zero-order valence-electron chi connectivity index (χ0n) is 9.64. The predicted molar refractivity (Wildman–Crippen MR) is 57.2 cm³/mol. The fourth-order valence-corrected chi connectivity index (χ4v) is 2.10. The molecule has 1 N–H and O–H groups in total. The fraction of sp³-hybridized carbons (Fsp3) is 0.818. The van der Waals surface area contributed by atoms with Gasteiger partial charge in [0.1, 0.15) is 12.7 Å². The highest BCUT2D eigenvalue weighted by atomic mass is 16.3. The van der Waals surface area contributed by atoms with Gasteiger partial charge in [0.25, 0.3) is 0 Å². The van der Waals surface area contributed by atoms with Crippen molar-refractivity contribution in [3.05, 3.63) is 12.7 Å². The van der Waals surface area contributed by atoms with Crippen molar-refractivity contribution in [2.24, 2.45) is 11.3 Å². The van der Waals surface area contributed by atoms with Crippen LogP contribution in [0.15, 0.2) is 12.7 Å². The Morgan fingerprint density at radius 3 is 2.47 bits per heavy atom. The third-order valence-corrected chi connectivity index (χ3v) is 3.42. The number of aromatic nitrogens is 3. The molecule has 0 aromatic carbocycles. The molecule has 1 fully saturated rings. The lowest BCUT2D eigenvalue weighted by Gasteiger charge is -2.40. The maximum Gasteiger partial charge on any atom is 0.137 e. The molecule has 0 radical (unpaired) electrons. The Hall–Kier alpha value is -0.900. The number of hydrogen-bond donors (Lipinski definition) is 1. The molecule has 0 saturated heterocycles. The quantitative estimate of drug-likeness (QED) is 0.820. The lowest BCUT2D eigenvalue weighted by molar-refractivity contribution is -0.0917. The first-order valence-corrected chi connectivity index (χ1v) is 5.48. The minimum absolute atomic E-state index is 0.125. The molecule has 0 bridgehead atoms. The van der Waals surface area contributed by atoms with Crippen molar-refractivity contribution in [1.29, 1.82) is 0 Å². The second-order valence-corrected chi connectivity index (χ2v) is 5.54. The Morgan fingerprint density at radius 2 is 2.07 bits per heavy atom. The second-order valence-electron chi connectivity index (χ2n) is 5.54. The van der Waals surface area contributed by atoms with Crippen LogP contribution in [0.3, 0.4) is 0 Å². The van der Waals surface area contributed by atoms with E-state index in [9.17, 15) is 5.11 Å². The van der Waals surface area contributed by atoms with Gasteiger partial charge in [0.2, 0.25) is 0 Å². The van der Waals surface area contributed by atoms with Crippen molar-refractivity contribution in [1.82, 2.24) is 14.8 Å². The molecule has 1 atom stereocenters. The summed E-state index contributed by atoms with van der Waals surface area (Å²) < 4.78 is 1.73. The van der Waals surface area contributed by atoms with E-state index in [0.717, 1.165) is 12.8 Å². The van der Waals surface area contributed by atoms with Crippen molar-refractivity contribution in [3.8, 4) is 0 Å². The lowest BCUT2D eigenvalue weighted by Crippen LogP contribution is -2.48. The molecule has 1 heterocycles. The van der Waals surface area contributed by atoms with Crippen molar-refractivity contribution in [2.75, 3.05) is 0 Å². The van der Waals surface area contributed by atoms with E-state index in [-0.39, 0.29) is 5.41 Å². The summed E-state index contributed by atoms with van der Waals surface area (Å²) in [6.45, 7) is 6.80. The number of nitrogens with zero attached hydrogens (tertiary/aromatic N) is 3. The van der Waals surface area contributed by atoms with Crippen molar-refractivity contribution >= 4 is 0 Å². The molecular formula is C11H19N3O. The maximum absolute atomic E-state index is 10.8. The summed E-state index contributed by atoms with van der Waals surface area (Å²) in [5.41, 5.74) is -0.791. The summed E-state index contributed by atoms with van der Waals surface area (Å²) in [5, 5.41) is 14.8. The van der Waals surface area contributed by atoms with Crippen LogP contribution in [0.2, 0.25) is 0 Å². The molecule has 1 saturated carbocycles. The van der Waals surface area contributed by atoms with Crippen LogP contribution >= 0.6 is 0 Å². The second kappa shape index (κ2) is 3.30. The van der Waals surface area contributed by atoms with Crippen LogP contribution < -0.4 is 0 Å². The Bertz CT molecular complexity index is 324. The molecule has 1 aromatic rings. The van der Waals surface area contributed by atoms with E-state index in [4.69, 9.17) is 0 Å². The summed E-state index contributed by atoms with van der Waals surface area (Å²) in [4.78, 5) is 3.91. The van der Waals surface area contributed by atoms with E-state index in [1.165, 1.54) is 6.33 Å². The highest BCUT2D eigenvalue weighted by Gasteiger charge is 2.51. The molecule has 0 aliphatic heterocycles. The van der Waals surface area contributed by atoms with Crippen LogP contribution in [-0.4, -0.2) is 25.5 Å². The third-order valence-electron chi connectivity index (χ3n) is 3.42. The average molecular weight is 209 g/mol. The molecule has 1 aliphatic carbocycles. The van der Waals surface area contributed by atoms with Crippen molar-refractivity contribution in [2.45, 2.75) is 45.8 Å². The Labute approximate surface area is 90.3 Å². The first-order valence-electron chi connectivity index (χ1n) is 5.48. The SMILES string of the molecule is CC(C)(C)C(O)(Cn1cncn1)C1CC1. The van der Waals surface area contributed by atoms with Crippen LogP contribution in [0.4, 0.5) is 0 Å². The zero-order chi connectivity index (χ0) is 11.1. The largest absolute Gasteiger partial charge is 0.387 e. The van der Waals surface area contributed by atoms with Gasteiger partial charge in [-0.2, -0.15) is 5.10 Å². The first-order chi connectivity index (χ1) is 6.93. The highest BCUT2D eigenvalue weighted by Crippen LogP contribution is 2.49. The first kappa shape index (κ1) is 10.6. The van der Waals surface area contributed by atoms with Crippen molar-refractivity contribution < 1.29 is 5.11 Å². The molecule has 4 heteroatoms. The summed E-state index contributed by atoms with van der Waals surface area (Å²) in [5.74, 6) is 0.418. The zero-order valence-corrected chi connectivity index (χ0v) is 9.64. The molecule has 1 aromatic heterocycles. The number of rotatable bonds is 3. The van der Waals surface area contributed by atoms with Gasteiger partial charge < -0.3 is 5.11 Å². The predicted octanol–water partition coefficient (Wildman–Crippen LogP) is 1.47. The van der Waals surface area contributed by atoms with E-state index in [2.05, 4.69) is 30.9 Å². The maximum atomic E-state index is 10.8. The van der Waals surface area contributed by atoms with E-state index in [1.807, 2.05) is 0 Å². The molecule has 4 nitrogen and oxygen atoms in total. The minimum atomic E-state index is -0.666. The van der Waals surface area contributed by atoms with Crippen LogP contribution in [0.1, 0.15) is 33.6 Å². The molecule has 0 amide bonds. The molecule has 84 valence electrons. The normalized spacial score (nSPS) is 21.3. The number of hydrogen-bond acceptors (Lipinski definition) is 3. The molecule has 1 unspecified atom stereocenters. The number of aliphatic hydroxyl groups is 1. The summed E-state index contributed by atoms with van der Waals surface area (Å²) in [6.07, 6.45) is 5.43. The van der Waals surface area contributed by atoms with E-state index in [0.29, 0.717) is 12.5 Å². The summed E-state index contributed by atoms with van der Waals surface area (Å²) >= 11 is 0. The van der Waals surface area contributed by atoms with Gasteiger partial charge in [-0.1, -0.05) is 20.8 Å². The van der Waals surface area contributed by atoms with Crippen LogP contribution in [0.5, 0.6) is 0 Å². The van der Waals surface area contributed by atoms with Crippen LogP contribution in [0.25, 0.3) is 0 Å². The van der Waals surface area contributed by atoms with Gasteiger partial charge in [0.15, 0.2) is 0 Å².